The van der Waals surface area contributed by atoms with Crippen LogP contribution in [0.25, 0.3) is 11.3 Å². The molecule has 2 aliphatic rings. The topological polar surface area (TPSA) is 75.9 Å². The van der Waals surface area contributed by atoms with E-state index in [0.717, 1.165) is 46.7 Å². The number of ketones is 1. The lowest BCUT2D eigenvalue weighted by Crippen LogP contribution is -2.53. The number of Topliss-reactive ketones (excluding diaryl/α,β-unsaturated/α-hetero) is 1. The van der Waals surface area contributed by atoms with E-state index in [1.807, 2.05) is 50.2 Å². The van der Waals surface area contributed by atoms with E-state index in [1.165, 1.54) is 0 Å². The van der Waals surface area contributed by atoms with Crippen molar-refractivity contribution in [1.29, 1.82) is 5.26 Å². The summed E-state index contributed by atoms with van der Waals surface area (Å²) in [7, 11) is 1.66. The first-order chi connectivity index (χ1) is 16.0. The zero-order valence-corrected chi connectivity index (χ0v) is 19.2. The Labute approximate surface area is 194 Å². The van der Waals surface area contributed by atoms with Gasteiger partial charge < -0.3 is 4.74 Å². The average Bonchev–Trinajstić information content (AvgIpc) is 2.86. The summed E-state index contributed by atoms with van der Waals surface area (Å²) in [5.41, 5.74) is 4.65. The molecule has 0 N–H and O–H groups in total. The normalized spacial score (nSPS) is 26.1. The van der Waals surface area contributed by atoms with Crippen molar-refractivity contribution in [3.05, 3.63) is 77.2 Å². The molecule has 33 heavy (non-hydrogen) atoms. The van der Waals surface area contributed by atoms with Crippen molar-refractivity contribution in [2.75, 3.05) is 7.11 Å². The summed E-state index contributed by atoms with van der Waals surface area (Å²) in [6.45, 7) is 3.92. The number of hydrogen-bond donors (Lipinski definition) is 0. The summed E-state index contributed by atoms with van der Waals surface area (Å²) >= 11 is 0. The largest absolute Gasteiger partial charge is 0.497 e. The van der Waals surface area contributed by atoms with Gasteiger partial charge in [0.1, 0.15) is 17.5 Å². The number of hydrogen-bond acceptors (Lipinski definition) is 5. The highest BCUT2D eigenvalue weighted by Crippen LogP contribution is 2.56. The first-order valence-electron chi connectivity index (χ1n) is 11.5. The number of nitriles is 1. The molecule has 1 unspecified atom stereocenters. The smallest absolute Gasteiger partial charge is 0.153 e. The number of rotatable bonds is 3. The highest BCUT2D eigenvalue weighted by atomic mass is 16.5. The molecule has 1 saturated carbocycles. The second-order valence-corrected chi connectivity index (χ2v) is 9.24. The molecule has 5 heteroatoms. The molecular weight excluding hydrogens is 410 g/mol. The van der Waals surface area contributed by atoms with Gasteiger partial charge in [-0.3, -0.25) is 4.79 Å². The summed E-state index contributed by atoms with van der Waals surface area (Å²) in [5.74, 6) is 0.796. The van der Waals surface area contributed by atoms with Crippen molar-refractivity contribution in [3.8, 4) is 23.1 Å². The van der Waals surface area contributed by atoms with Crippen molar-refractivity contribution in [2.24, 2.45) is 17.8 Å². The van der Waals surface area contributed by atoms with Crippen LogP contribution in [0.2, 0.25) is 0 Å². The van der Waals surface area contributed by atoms with Crippen molar-refractivity contribution < 1.29 is 9.53 Å². The lowest BCUT2D eigenvalue weighted by molar-refractivity contribution is -0.131. The van der Waals surface area contributed by atoms with Crippen LogP contribution in [0, 0.1) is 36.0 Å². The van der Waals surface area contributed by atoms with Crippen LogP contribution in [0.4, 0.5) is 0 Å². The minimum Gasteiger partial charge on any atom is -0.497 e. The Kier molecular flexibility index (Phi) is 5.25. The predicted molar refractivity (Wildman–Crippen MR) is 126 cm³/mol. The minimum atomic E-state index is -0.641. The molecule has 2 aliphatic carbocycles. The van der Waals surface area contributed by atoms with Gasteiger partial charge in [0.05, 0.1) is 24.6 Å². The zero-order chi connectivity index (χ0) is 23.2. The fourth-order valence-electron chi connectivity index (χ4n) is 6.11. The van der Waals surface area contributed by atoms with Gasteiger partial charge in [-0.05, 0) is 49.8 Å². The fourth-order valence-corrected chi connectivity index (χ4v) is 6.11. The van der Waals surface area contributed by atoms with Crippen molar-refractivity contribution in [1.82, 2.24) is 9.97 Å². The third-order valence-electron chi connectivity index (χ3n) is 7.59. The second kappa shape index (κ2) is 8.12. The maximum Gasteiger partial charge on any atom is 0.153 e. The number of aromatic nitrogens is 2. The van der Waals surface area contributed by atoms with Crippen LogP contribution in [0.5, 0.6) is 5.75 Å². The number of fused-ring (bicyclic) bond motifs is 3. The van der Waals surface area contributed by atoms with E-state index >= 15 is 0 Å². The van der Waals surface area contributed by atoms with Gasteiger partial charge in [-0.2, -0.15) is 5.26 Å². The SMILES string of the molecule is COc1cccc(-c2nc(C)nc3c2CC[C@H]2[C@H](C)C(=O)C(C#N)C[C@@]32c2ccccc2)c1. The maximum atomic E-state index is 13.1. The number of benzene rings is 2. The monoisotopic (exact) mass is 437 g/mol. The summed E-state index contributed by atoms with van der Waals surface area (Å²) in [5, 5.41) is 9.91. The number of aryl methyl sites for hydroxylation is 1. The molecule has 166 valence electrons. The van der Waals surface area contributed by atoms with Gasteiger partial charge in [0.25, 0.3) is 0 Å². The van der Waals surface area contributed by atoms with Crippen molar-refractivity contribution >= 4 is 5.78 Å². The Morgan fingerprint density at radius 3 is 2.64 bits per heavy atom. The second-order valence-electron chi connectivity index (χ2n) is 9.24. The standard InChI is InChI=1S/C28H27N3O2/c1-17-24-13-12-23-25(19-8-7-11-22(14-19)33-3)30-18(2)31-27(23)28(24,15-20(16-29)26(17)32)21-9-5-4-6-10-21/h4-11,14,17,20,24H,12-13,15H2,1-3H3/t17-,20?,24-,28-/m0/s1. The van der Waals surface area contributed by atoms with E-state index in [1.54, 1.807) is 7.11 Å². The number of carbonyl (C=O) groups excluding carboxylic acids is 1. The molecule has 0 bridgehead atoms. The van der Waals surface area contributed by atoms with Gasteiger partial charge in [0, 0.05) is 22.5 Å². The molecule has 0 spiro atoms. The van der Waals surface area contributed by atoms with E-state index in [4.69, 9.17) is 14.7 Å². The number of methoxy groups -OCH3 is 1. The van der Waals surface area contributed by atoms with Crippen LogP contribution in [0.1, 0.15) is 42.4 Å². The van der Waals surface area contributed by atoms with Crippen molar-refractivity contribution in [2.45, 2.75) is 38.5 Å². The molecule has 4 atom stereocenters. The quantitative estimate of drug-likeness (QED) is 0.573. The average molecular weight is 438 g/mol. The molecule has 1 aromatic heterocycles. The molecule has 0 aliphatic heterocycles. The first-order valence-corrected chi connectivity index (χ1v) is 11.5. The van der Waals surface area contributed by atoms with Crippen LogP contribution in [0.3, 0.4) is 0 Å². The van der Waals surface area contributed by atoms with Crippen molar-refractivity contribution in [3.63, 3.8) is 0 Å². The number of carbonyl (C=O) groups is 1. The Bertz CT molecular complexity index is 1260. The maximum absolute atomic E-state index is 13.1. The third kappa shape index (κ3) is 3.24. The molecule has 5 rings (SSSR count). The van der Waals surface area contributed by atoms with Crippen LogP contribution in [0.15, 0.2) is 54.6 Å². The Morgan fingerprint density at radius 2 is 1.91 bits per heavy atom. The van der Waals surface area contributed by atoms with Gasteiger partial charge >= 0.3 is 0 Å². The van der Waals surface area contributed by atoms with E-state index in [-0.39, 0.29) is 17.6 Å². The first kappa shape index (κ1) is 21.3. The molecule has 0 amide bonds. The molecule has 2 aromatic carbocycles. The highest BCUT2D eigenvalue weighted by Gasteiger charge is 2.56. The van der Waals surface area contributed by atoms with Gasteiger partial charge in [0.15, 0.2) is 5.78 Å². The van der Waals surface area contributed by atoms with Gasteiger partial charge in [-0.25, -0.2) is 9.97 Å². The molecule has 3 aromatic rings. The van der Waals surface area contributed by atoms with E-state index < -0.39 is 11.3 Å². The lowest BCUT2D eigenvalue weighted by atomic mass is 9.50. The Balaban J connectivity index is 1.81. The third-order valence-corrected chi connectivity index (χ3v) is 7.59. The van der Waals surface area contributed by atoms with E-state index in [9.17, 15) is 10.1 Å². The molecule has 0 radical (unpaired) electrons. The van der Waals surface area contributed by atoms with Crippen LogP contribution >= 0.6 is 0 Å². The Morgan fingerprint density at radius 1 is 1.12 bits per heavy atom. The molecule has 1 fully saturated rings. The molecular formula is C28H27N3O2. The zero-order valence-electron chi connectivity index (χ0n) is 19.2. The highest BCUT2D eigenvalue weighted by molar-refractivity contribution is 5.87. The fraction of sp³-hybridized carbons (Fsp3) is 0.357. The predicted octanol–water partition coefficient (Wildman–Crippen LogP) is 5.06. The molecule has 0 saturated heterocycles. The van der Waals surface area contributed by atoms with Crippen LogP contribution < -0.4 is 4.74 Å². The van der Waals surface area contributed by atoms with Crippen LogP contribution in [-0.2, 0) is 16.6 Å². The summed E-state index contributed by atoms with van der Waals surface area (Å²) in [6, 6.07) is 20.6. The number of nitrogens with zero attached hydrogens (tertiary/aromatic N) is 3. The summed E-state index contributed by atoms with van der Waals surface area (Å²) < 4.78 is 5.46. The van der Waals surface area contributed by atoms with Gasteiger partial charge in [0.2, 0.25) is 0 Å². The minimum absolute atomic E-state index is 0.0660. The number of ether oxygens (including phenoxy) is 1. The summed E-state index contributed by atoms with van der Waals surface area (Å²) in [4.78, 5) is 23.0. The van der Waals surface area contributed by atoms with Gasteiger partial charge in [-0.1, -0.05) is 49.4 Å². The van der Waals surface area contributed by atoms with Gasteiger partial charge in [-0.15, -0.1) is 0 Å². The molecule has 1 heterocycles. The van der Waals surface area contributed by atoms with E-state index in [2.05, 4.69) is 24.3 Å². The summed E-state index contributed by atoms with van der Waals surface area (Å²) in [6.07, 6.45) is 2.12. The molecule has 5 nitrogen and oxygen atoms in total. The Hall–Kier alpha value is -3.52. The van der Waals surface area contributed by atoms with E-state index in [0.29, 0.717) is 12.2 Å². The van der Waals surface area contributed by atoms with Crippen LogP contribution in [-0.4, -0.2) is 22.9 Å². The lowest BCUT2D eigenvalue weighted by Gasteiger charge is -2.51.